The normalized spacial score (nSPS) is 10.5. The van der Waals surface area contributed by atoms with E-state index in [9.17, 15) is 0 Å². The molecule has 2 aromatic rings. The Morgan fingerprint density at radius 2 is 2.07 bits per heavy atom. The number of hydrogen-bond acceptors (Lipinski definition) is 2. The molecule has 0 aliphatic rings. The van der Waals surface area contributed by atoms with E-state index in [4.69, 9.17) is 0 Å². The Balaban J connectivity index is 2.60. The van der Waals surface area contributed by atoms with Gasteiger partial charge in [-0.1, -0.05) is 6.07 Å². The number of rotatable bonds is 1. The van der Waals surface area contributed by atoms with Crippen molar-refractivity contribution in [2.75, 3.05) is 0 Å². The molecule has 2 rings (SSSR count). The summed E-state index contributed by atoms with van der Waals surface area (Å²) in [6.45, 7) is 4.07. The lowest BCUT2D eigenvalue weighted by Gasteiger charge is -2.01. The molecule has 0 N–H and O–H groups in total. The fourth-order valence-electron chi connectivity index (χ4n) is 1.60. The molecule has 0 radical (unpaired) electrons. The third kappa shape index (κ3) is 1.41. The highest BCUT2D eigenvalue weighted by Crippen LogP contribution is 2.22. The maximum absolute atomic E-state index is 4.37. The predicted octanol–water partition coefficient (Wildman–Crippen LogP) is 2.10. The van der Waals surface area contributed by atoms with Crippen molar-refractivity contribution in [1.82, 2.24) is 14.8 Å². The van der Waals surface area contributed by atoms with Crippen LogP contribution in [0.4, 0.5) is 0 Å². The topological polar surface area (TPSA) is 30.7 Å². The van der Waals surface area contributed by atoms with Gasteiger partial charge in [0.1, 0.15) is 0 Å². The summed E-state index contributed by atoms with van der Waals surface area (Å²) in [6.07, 6.45) is 3.82. The third-order valence-electron chi connectivity index (χ3n) is 2.28. The van der Waals surface area contributed by atoms with Gasteiger partial charge in [0.2, 0.25) is 0 Å². The number of aromatic nitrogens is 3. The van der Waals surface area contributed by atoms with Crippen LogP contribution in [0.5, 0.6) is 0 Å². The van der Waals surface area contributed by atoms with Crippen LogP contribution in [0.3, 0.4) is 0 Å². The predicted molar refractivity (Wildman–Crippen MR) is 55.9 cm³/mol. The molecule has 0 saturated carbocycles. The highest BCUT2D eigenvalue weighted by Gasteiger charge is 2.08. The van der Waals surface area contributed by atoms with Crippen LogP contribution >= 0.6 is 0 Å². The Hall–Kier alpha value is -1.64. The van der Waals surface area contributed by atoms with Gasteiger partial charge in [0, 0.05) is 25.0 Å². The molecule has 0 aliphatic heterocycles. The molecule has 0 spiro atoms. The van der Waals surface area contributed by atoms with E-state index in [-0.39, 0.29) is 0 Å². The van der Waals surface area contributed by atoms with Crippen LogP contribution in [-0.4, -0.2) is 14.8 Å². The van der Waals surface area contributed by atoms with E-state index in [1.165, 1.54) is 5.56 Å². The minimum Gasteiger partial charge on any atom is -0.275 e. The summed E-state index contributed by atoms with van der Waals surface area (Å²) in [6, 6.07) is 4.01. The van der Waals surface area contributed by atoms with E-state index in [0.717, 1.165) is 17.0 Å². The van der Waals surface area contributed by atoms with Gasteiger partial charge in [0.15, 0.2) is 0 Å². The van der Waals surface area contributed by atoms with Crippen molar-refractivity contribution in [2.45, 2.75) is 13.8 Å². The number of hydrogen-bond donors (Lipinski definition) is 0. The SMILES string of the molecule is Cc1cccnc1-c1cn(C)nc1C. The lowest BCUT2D eigenvalue weighted by atomic mass is 10.1. The van der Waals surface area contributed by atoms with Crippen LogP contribution in [0.25, 0.3) is 11.3 Å². The molecule has 0 aromatic carbocycles. The molecule has 72 valence electrons. The Morgan fingerprint density at radius 1 is 1.29 bits per heavy atom. The first-order valence-corrected chi connectivity index (χ1v) is 4.60. The molecule has 2 heterocycles. The van der Waals surface area contributed by atoms with Crippen LogP contribution in [0.1, 0.15) is 11.3 Å². The van der Waals surface area contributed by atoms with Crippen LogP contribution in [0.2, 0.25) is 0 Å². The van der Waals surface area contributed by atoms with Crippen molar-refractivity contribution in [3.8, 4) is 11.3 Å². The van der Waals surface area contributed by atoms with Gasteiger partial charge >= 0.3 is 0 Å². The molecule has 0 saturated heterocycles. The maximum Gasteiger partial charge on any atom is 0.0765 e. The fourth-order valence-corrected chi connectivity index (χ4v) is 1.60. The molecule has 0 atom stereocenters. The number of aryl methyl sites for hydroxylation is 3. The molecular formula is C11H13N3. The summed E-state index contributed by atoms with van der Waals surface area (Å²) >= 11 is 0. The third-order valence-corrected chi connectivity index (χ3v) is 2.28. The highest BCUT2D eigenvalue weighted by atomic mass is 15.2. The first kappa shape index (κ1) is 8.94. The second-order valence-corrected chi connectivity index (χ2v) is 3.47. The lowest BCUT2D eigenvalue weighted by Crippen LogP contribution is -1.87. The minimum atomic E-state index is 1.02. The van der Waals surface area contributed by atoms with Gasteiger partial charge in [-0.3, -0.25) is 9.67 Å². The second-order valence-electron chi connectivity index (χ2n) is 3.47. The maximum atomic E-state index is 4.37. The van der Waals surface area contributed by atoms with Gasteiger partial charge in [-0.25, -0.2) is 0 Å². The Kier molecular flexibility index (Phi) is 2.08. The van der Waals surface area contributed by atoms with E-state index >= 15 is 0 Å². The zero-order valence-corrected chi connectivity index (χ0v) is 8.65. The van der Waals surface area contributed by atoms with E-state index in [2.05, 4.69) is 23.1 Å². The monoisotopic (exact) mass is 187 g/mol. The Bertz CT molecular complexity index is 457. The summed E-state index contributed by atoms with van der Waals surface area (Å²) < 4.78 is 1.82. The smallest absolute Gasteiger partial charge is 0.0765 e. The molecule has 0 aliphatic carbocycles. The summed E-state index contributed by atoms with van der Waals surface area (Å²) in [5, 5.41) is 4.31. The Morgan fingerprint density at radius 3 is 2.64 bits per heavy atom. The molecule has 0 amide bonds. The molecule has 0 unspecified atom stereocenters. The van der Waals surface area contributed by atoms with Crippen molar-refractivity contribution in [3.63, 3.8) is 0 Å². The van der Waals surface area contributed by atoms with Gasteiger partial charge in [-0.15, -0.1) is 0 Å². The highest BCUT2D eigenvalue weighted by molar-refractivity contribution is 5.64. The summed E-state index contributed by atoms with van der Waals surface area (Å²) in [7, 11) is 1.93. The van der Waals surface area contributed by atoms with Gasteiger partial charge in [0.05, 0.1) is 11.4 Å². The first-order chi connectivity index (χ1) is 6.68. The van der Waals surface area contributed by atoms with E-state index in [1.54, 1.807) is 0 Å². The number of nitrogens with zero attached hydrogens (tertiary/aromatic N) is 3. The molecule has 3 heteroatoms. The lowest BCUT2D eigenvalue weighted by molar-refractivity contribution is 0.756. The molecule has 0 fully saturated rings. The Labute approximate surface area is 83.4 Å². The van der Waals surface area contributed by atoms with Crippen LogP contribution in [-0.2, 0) is 7.05 Å². The van der Waals surface area contributed by atoms with Gasteiger partial charge in [-0.2, -0.15) is 5.10 Å². The van der Waals surface area contributed by atoms with Gasteiger partial charge in [0.25, 0.3) is 0 Å². The van der Waals surface area contributed by atoms with Crippen molar-refractivity contribution < 1.29 is 0 Å². The van der Waals surface area contributed by atoms with Crippen molar-refractivity contribution in [1.29, 1.82) is 0 Å². The largest absolute Gasteiger partial charge is 0.275 e. The molecular weight excluding hydrogens is 174 g/mol. The standard InChI is InChI=1S/C11H13N3/c1-8-5-4-6-12-11(8)10-7-14(3)13-9(10)2/h4-7H,1-3H3. The van der Waals surface area contributed by atoms with E-state index in [0.29, 0.717) is 0 Å². The van der Waals surface area contributed by atoms with Crippen molar-refractivity contribution in [3.05, 3.63) is 35.8 Å². The average molecular weight is 187 g/mol. The van der Waals surface area contributed by atoms with Crippen molar-refractivity contribution in [2.24, 2.45) is 7.05 Å². The molecule has 14 heavy (non-hydrogen) atoms. The van der Waals surface area contributed by atoms with Crippen LogP contribution < -0.4 is 0 Å². The molecule has 3 nitrogen and oxygen atoms in total. The van der Waals surface area contributed by atoms with Crippen LogP contribution in [0.15, 0.2) is 24.5 Å². The van der Waals surface area contributed by atoms with E-state index < -0.39 is 0 Å². The summed E-state index contributed by atoms with van der Waals surface area (Å²) in [4.78, 5) is 4.37. The fraction of sp³-hybridized carbons (Fsp3) is 0.273. The summed E-state index contributed by atoms with van der Waals surface area (Å²) in [5.74, 6) is 0. The zero-order valence-electron chi connectivity index (χ0n) is 8.65. The molecule has 0 bridgehead atoms. The average Bonchev–Trinajstić information content (AvgIpc) is 2.46. The minimum absolute atomic E-state index is 1.02. The zero-order chi connectivity index (χ0) is 10.1. The molecule has 2 aromatic heterocycles. The second kappa shape index (κ2) is 3.25. The van der Waals surface area contributed by atoms with Gasteiger partial charge in [-0.05, 0) is 25.5 Å². The first-order valence-electron chi connectivity index (χ1n) is 4.60. The van der Waals surface area contributed by atoms with Gasteiger partial charge < -0.3 is 0 Å². The van der Waals surface area contributed by atoms with Crippen molar-refractivity contribution >= 4 is 0 Å². The van der Waals surface area contributed by atoms with Crippen LogP contribution in [0, 0.1) is 13.8 Å². The number of pyridine rings is 1. The quantitative estimate of drug-likeness (QED) is 0.684. The summed E-state index contributed by atoms with van der Waals surface area (Å²) in [5.41, 5.74) is 4.35. The van der Waals surface area contributed by atoms with E-state index in [1.807, 2.05) is 37.1 Å².